The minimum Gasteiger partial charge on any atom is -0.497 e. The molecule has 0 aliphatic heterocycles. The zero-order valence-corrected chi connectivity index (χ0v) is 18.6. The Bertz CT molecular complexity index is 1110. The molecule has 3 aromatic rings. The fourth-order valence-corrected chi connectivity index (χ4v) is 2.90. The predicted molar refractivity (Wildman–Crippen MR) is 125 cm³/mol. The van der Waals surface area contributed by atoms with E-state index < -0.39 is 5.97 Å². The lowest BCUT2D eigenvalue weighted by Crippen LogP contribution is -2.18. The molecule has 3 rings (SSSR count). The molecule has 0 bridgehead atoms. The van der Waals surface area contributed by atoms with Crippen LogP contribution in [0.25, 0.3) is 0 Å². The first-order valence-corrected chi connectivity index (χ1v) is 10.2. The molecule has 0 atom stereocenters. The van der Waals surface area contributed by atoms with Crippen molar-refractivity contribution in [2.75, 3.05) is 7.11 Å². The molecule has 1 N–H and O–H groups in total. The second kappa shape index (κ2) is 9.92. The first kappa shape index (κ1) is 22.7. The Labute approximate surface area is 187 Å². The van der Waals surface area contributed by atoms with Gasteiger partial charge in [0, 0.05) is 5.56 Å². The van der Waals surface area contributed by atoms with Gasteiger partial charge in [-0.25, -0.2) is 10.2 Å². The number of amides is 1. The van der Waals surface area contributed by atoms with Crippen LogP contribution in [0.4, 0.5) is 0 Å². The molecule has 0 radical (unpaired) electrons. The summed E-state index contributed by atoms with van der Waals surface area (Å²) in [5.74, 6) is 0.253. The Morgan fingerprint density at radius 3 is 2.16 bits per heavy atom. The van der Waals surface area contributed by atoms with Crippen LogP contribution in [0.5, 0.6) is 11.5 Å². The minimum absolute atomic E-state index is 0.0228. The molecule has 6 heteroatoms. The van der Waals surface area contributed by atoms with E-state index >= 15 is 0 Å². The summed E-state index contributed by atoms with van der Waals surface area (Å²) in [6.45, 7) is 6.36. The van der Waals surface area contributed by atoms with Crippen LogP contribution in [0, 0.1) is 0 Å². The van der Waals surface area contributed by atoms with Crippen LogP contribution in [0.15, 0.2) is 77.9 Å². The van der Waals surface area contributed by atoms with Gasteiger partial charge in [-0.1, -0.05) is 45.0 Å². The van der Waals surface area contributed by atoms with E-state index in [1.54, 1.807) is 67.8 Å². The molecule has 6 nitrogen and oxygen atoms in total. The highest BCUT2D eigenvalue weighted by atomic mass is 16.5. The molecule has 3 aromatic carbocycles. The molecular weight excluding hydrogens is 404 g/mol. The average molecular weight is 431 g/mol. The van der Waals surface area contributed by atoms with Crippen molar-refractivity contribution < 1.29 is 19.1 Å². The lowest BCUT2D eigenvalue weighted by molar-refractivity contribution is 0.0734. The minimum atomic E-state index is -0.478. The van der Waals surface area contributed by atoms with Gasteiger partial charge in [0.2, 0.25) is 0 Å². The summed E-state index contributed by atoms with van der Waals surface area (Å²) >= 11 is 0. The molecule has 32 heavy (non-hydrogen) atoms. The number of benzene rings is 3. The predicted octanol–water partition coefficient (Wildman–Crippen LogP) is 4.98. The standard InChI is InChI=1S/C26H26N2O4/c1-26(2,3)21-12-8-19(9-13-21)24(29)28-27-17-18-6-5-7-23(16-18)32-25(30)20-10-14-22(31-4)15-11-20/h5-17H,1-4H3,(H,28,29)/b27-17+. The summed E-state index contributed by atoms with van der Waals surface area (Å²) < 4.78 is 10.5. The van der Waals surface area contributed by atoms with Crippen molar-refractivity contribution in [3.8, 4) is 11.5 Å². The number of ether oxygens (including phenoxy) is 2. The number of methoxy groups -OCH3 is 1. The number of carbonyl (C=O) groups excluding carboxylic acids is 2. The lowest BCUT2D eigenvalue weighted by Gasteiger charge is -2.18. The molecule has 0 unspecified atom stereocenters. The summed E-state index contributed by atoms with van der Waals surface area (Å²) in [5.41, 5.74) is 5.30. The molecule has 0 saturated heterocycles. The molecule has 0 aliphatic carbocycles. The summed E-state index contributed by atoms with van der Waals surface area (Å²) in [4.78, 5) is 24.6. The number of nitrogens with one attached hydrogen (secondary N) is 1. The Morgan fingerprint density at radius 1 is 0.875 bits per heavy atom. The SMILES string of the molecule is COc1ccc(C(=O)Oc2cccc(/C=N/NC(=O)c3ccc(C(C)(C)C)cc3)c2)cc1. The third-order valence-electron chi connectivity index (χ3n) is 4.79. The van der Waals surface area contributed by atoms with Crippen molar-refractivity contribution in [3.63, 3.8) is 0 Å². The lowest BCUT2D eigenvalue weighted by atomic mass is 9.87. The van der Waals surface area contributed by atoms with Crippen LogP contribution in [-0.2, 0) is 5.41 Å². The van der Waals surface area contributed by atoms with Crippen molar-refractivity contribution in [2.24, 2.45) is 5.10 Å². The molecule has 0 saturated carbocycles. The number of rotatable bonds is 6. The largest absolute Gasteiger partial charge is 0.497 e. The van der Waals surface area contributed by atoms with Crippen LogP contribution >= 0.6 is 0 Å². The van der Waals surface area contributed by atoms with E-state index in [0.29, 0.717) is 28.2 Å². The molecule has 164 valence electrons. The van der Waals surface area contributed by atoms with Gasteiger partial charge in [0.15, 0.2) is 0 Å². The quantitative estimate of drug-likeness (QED) is 0.259. The van der Waals surface area contributed by atoms with E-state index in [4.69, 9.17) is 9.47 Å². The van der Waals surface area contributed by atoms with Crippen LogP contribution < -0.4 is 14.9 Å². The first-order valence-electron chi connectivity index (χ1n) is 10.2. The fraction of sp³-hybridized carbons (Fsp3) is 0.192. The summed E-state index contributed by atoms with van der Waals surface area (Å²) in [5, 5.41) is 4.01. The smallest absolute Gasteiger partial charge is 0.343 e. The van der Waals surface area contributed by atoms with E-state index in [0.717, 1.165) is 5.56 Å². The van der Waals surface area contributed by atoms with Crippen LogP contribution in [0.1, 0.15) is 52.6 Å². The van der Waals surface area contributed by atoms with Gasteiger partial charge < -0.3 is 9.47 Å². The average Bonchev–Trinajstić information content (AvgIpc) is 2.79. The van der Waals surface area contributed by atoms with Crippen LogP contribution in [0.2, 0.25) is 0 Å². The van der Waals surface area contributed by atoms with E-state index in [-0.39, 0.29) is 11.3 Å². The van der Waals surface area contributed by atoms with Crippen molar-refractivity contribution in [1.82, 2.24) is 5.43 Å². The van der Waals surface area contributed by atoms with E-state index in [1.807, 2.05) is 12.1 Å². The van der Waals surface area contributed by atoms with Crippen molar-refractivity contribution >= 4 is 18.1 Å². The zero-order valence-electron chi connectivity index (χ0n) is 18.6. The highest BCUT2D eigenvalue weighted by molar-refractivity contribution is 5.95. The number of carbonyl (C=O) groups is 2. The maximum Gasteiger partial charge on any atom is 0.343 e. The van der Waals surface area contributed by atoms with Gasteiger partial charge in [-0.3, -0.25) is 4.79 Å². The van der Waals surface area contributed by atoms with Crippen molar-refractivity contribution in [2.45, 2.75) is 26.2 Å². The fourth-order valence-electron chi connectivity index (χ4n) is 2.90. The van der Waals surface area contributed by atoms with E-state index in [9.17, 15) is 9.59 Å². The molecule has 0 aromatic heterocycles. The Balaban J connectivity index is 1.60. The molecule has 0 fully saturated rings. The van der Waals surface area contributed by atoms with Gasteiger partial charge in [0.25, 0.3) is 5.91 Å². The third-order valence-corrected chi connectivity index (χ3v) is 4.79. The Hall–Kier alpha value is -3.93. The van der Waals surface area contributed by atoms with Gasteiger partial charge in [-0.05, 0) is 65.1 Å². The van der Waals surface area contributed by atoms with Crippen LogP contribution in [0.3, 0.4) is 0 Å². The molecule has 0 spiro atoms. The van der Waals surface area contributed by atoms with E-state index in [1.165, 1.54) is 6.21 Å². The maximum absolute atomic E-state index is 12.3. The molecular formula is C26H26N2O4. The molecule has 1 amide bonds. The van der Waals surface area contributed by atoms with Crippen molar-refractivity contribution in [1.29, 1.82) is 0 Å². The summed E-state index contributed by atoms with van der Waals surface area (Å²) in [6.07, 6.45) is 1.49. The van der Waals surface area contributed by atoms with Gasteiger partial charge in [0.1, 0.15) is 11.5 Å². The number of hydrogen-bond acceptors (Lipinski definition) is 5. The zero-order chi connectivity index (χ0) is 23.1. The highest BCUT2D eigenvalue weighted by Crippen LogP contribution is 2.22. The normalized spacial score (nSPS) is 11.2. The molecule has 0 aliphatic rings. The topological polar surface area (TPSA) is 77.0 Å². The van der Waals surface area contributed by atoms with Crippen molar-refractivity contribution in [3.05, 3.63) is 95.1 Å². The van der Waals surface area contributed by atoms with Gasteiger partial charge in [0.05, 0.1) is 18.9 Å². The second-order valence-corrected chi connectivity index (χ2v) is 8.22. The highest BCUT2D eigenvalue weighted by Gasteiger charge is 2.14. The Morgan fingerprint density at radius 2 is 1.53 bits per heavy atom. The van der Waals surface area contributed by atoms with Gasteiger partial charge >= 0.3 is 5.97 Å². The third kappa shape index (κ3) is 6.04. The number of nitrogens with zero attached hydrogens (tertiary/aromatic N) is 1. The number of hydrazone groups is 1. The van der Waals surface area contributed by atoms with Crippen LogP contribution in [-0.4, -0.2) is 25.2 Å². The maximum atomic E-state index is 12.3. The monoisotopic (exact) mass is 430 g/mol. The Kier molecular flexibility index (Phi) is 7.05. The summed E-state index contributed by atoms with van der Waals surface area (Å²) in [6, 6.07) is 21.0. The molecule has 0 heterocycles. The van der Waals surface area contributed by atoms with E-state index in [2.05, 4.69) is 31.3 Å². The number of esters is 1. The van der Waals surface area contributed by atoms with Gasteiger partial charge in [-0.15, -0.1) is 0 Å². The van der Waals surface area contributed by atoms with Gasteiger partial charge in [-0.2, -0.15) is 5.10 Å². The summed E-state index contributed by atoms with van der Waals surface area (Å²) in [7, 11) is 1.56. The number of hydrogen-bond donors (Lipinski definition) is 1. The first-order chi connectivity index (χ1) is 15.3. The second-order valence-electron chi connectivity index (χ2n) is 8.22.